The Labute approximate surface area is 151 Å². The molecule has 0 aliphatic rings. The van der Waals surface area contributed by atoms with Crippen LogP contribution < -0.4 is 0 Å². The standard InChI is InChI=1S/C20H31NO4/c1-16(2)25-14-8-13-21(15-17(3)20(23)24-4)19(22)12-11-18-9-6-5-7-10-18/h5-7,9-10,16-17H,8,11-15H2,1-4H3. The van der Waals surface area contributed by atoms with E-state index in [-0.39, 0.29) is 23.9 Å². The summed E-state index contributed by atoms with van der Waals surface area (Å²) in [4.78, 5) is 26.1. The predicted molar refractivity (Wildman–Crippen MR) is 98.2 cm³/mol. The minimum atomic E-state index is -0.336. The number of carbonyl (C=O) groups excluding carboxylic acids is 2. The topological polar surface area (TPSA) is 55.8 Å². The lowest BCUT2D eigenvalue weighted by molar-refractivity contribution is -0.146. The van der Waals surface area contributed by atoms with Crippen LogP contribution in [0.15, 0.2) is 30.3 Å². The summed E-state index contributed by atoms with van der Waals surface area (Å²) in [5.41, 5.74) is 1.14. The number of aryl methyl sites for hydroxylation is 1. The molecule has 0 saturated carbocycles. The molecule has 0 spiro atoms. The van der Waals surface area contributed by atoms with Crippen molar-refractivity contribution in [2.45, 2.75) is 46.1 Å². The van der Waals surface area contributed by atoms with Crippen molar-refractivity contribution in [3.8, 4) is 0 Å². The van der Waals surface area contributed by atoms with Crippen LogP contribution in [-0.4, -0.2) is 49.7 Å². The normalized spacial score (nSPS) is 12.0. The first-order valence-electron chi connectivity index (χ1n) is 8.95. The van der Waals surface area contributed by atoms with Crippen molar-refractivity contribution < 1.29 is 19.1 Å². The zero-order valence-electron chi connectivity index (χ0n) is 15.9. The van der Waals surface area contributed by atoms with Crippen molar-refractivity contribution in [1.82, 2.24) is 4.90 Å². The second-order valence-corrected chi connectivity index (χ2v) is 6.52. The Morgan fingerprint density at radius 2 is 1.80 bits per heavy atom. The lowest BCUT2D eigenvalue weighted by Crippen LogP contribution is -2.38. The Hall–Kier alpha value is -1.88. The summed E-state index contributed by atoms with van der Waals surface area (Å²) in [6, 6.07) is 9.95. The molecule has 1 aromatic carbocycles. The lowest BCUT2D eigenvalue weighted by atomic mass is 10.1. The third kappa shape index (κ3) is 8.68. The Bertz CT molecular complexity index is 516. The molecule has 0 N–H and O–H groups in total. The number of carbonyl (C=O) groups is 2. The van der Waals surface area contributed by atoms with E-state index in [2.05, 4.69) is 0 Å². The number of hydrogen-bond donors (Lipinski definition) is 0. The molecule has 0 heterocycles. The summed E-state index contributed by atoms with van der Waals surface area (Å²) in [5, 5.41) is 0. The number of rotatable bonds is 11. The van der Waals surface area contributed by atoms with Gasteiger partial charge in [-0.3, -0.25) is 9.59 Å². The van der Waals surface area contributed by atoms with Crippen LogP contribution >= 0.6 is 0 Å². The SMILES string of the molecule is COC(=O)C(C)CN(CCCOC(C)C)C(=O)CCc1ccccc1. The molecular formula is C20H31NO4. The second-order valence-electron chi connectivity index (χ2n) is 6.52. The Balaban J connectivity index is 2.57. The smallest absolute Gasteiger partial charge is 0.310 e. The molecule has 5 heteroatoms. The van der Waals surface area contributed by atoms with Gasteiger partial charge in [0.25, 0.3) is 0 Å². The van der Waals surface area contributed by atoms with Crippen molar-refractivity contribution in [1.29, 1.82) is 0 Å². The summed E-state index contributed by atoms with van der Waals surface area (Å²) < 4.78 is 10.3. The van der Waals surface area contributed by atoms with Gasteiger partial charge in [-0.2, -0.15) is 0 Å². The van der Waals surface area contributed by atoms with Gasteiger partial charge in [0.05, 0.1) is 19.1 Å². The van der Waals surface area contributed by atoms with E-state index in [0.29, 0.717) is 32.5 Å². The molecule has 25 heavy (non-hydrogen) atoms. The van der Waals surface area contributed by atoms with Crippen molar-refractivity contribution in [2.24, 2.45) is 5.92 Å². The minimum Gasteiger partial charge on any atom is -0.469 e. The first-order valence-corrected chi connectivity index (χ1v) is 8.95. The van der Waals surface area contributed by atoms with E-state index in [4.69, 9.17) is 9.47 Å². The van der Waals surface area contributed by atoms with Crippen LogP contribution in [0.5, 0.6) is 0 Å². The highest BCUT2D eigenvalue weighted by Gasteiger charge is 2.21. The van der Waals surface area contributed by atoms with E-state index in [1.54, 1.807) is 11.8 Å². The third-order valence-corrected chi connectivity index (χ3v) is 3.94. The molecular weight excluding hydrogens is 318 g/mol. The molecule has 1 unspecified atom stereocenters. The van der Waals surface area contributed by atoms with Gasteiger partial charge >= 0.3 is 5.97 Å². The summed E-state index contributed by atoms with van der Waals surface area (Å²) in [6.45, 7) is 7.33. The van der Waals surface area contributed by atoms with Gasteiger partial charge in [0.2, 0.25) is 5.91 Å². The minimum absolute atomic E-state index is 0.0594. The Morgan fingerprint density at radius 1 is 1.12 bits per heavy atom. The maximum atomic E-state index is 12.6. The van der Waals surface area contributed by atoms with Gasteiger partial charge in [-0.05, 0) is 32.3 Å². The highest BCUT2D eigenvalue weighted by molar-refractivity contribution is 5.78. The van der Waals surface area contributed by atoms with Crippen molar-refractivity contribution in [3.63, 3.8) is 0 Å². The van der Waals surface area contributed by atoms with Crippen LogP contribution in [0.25, 0.3) is 0 Å². The van der Waals surface area contributed by atoms with E-state index in [0.717, 1.165) is 12.0 Å². The van der Waals surface area contributed by atoms with Crippen molar-refractivity contribution in [3.05, 3.63) is 35.9 Å². The average molecular weight is 349 g/mol. The molecule has 0 saturated heterocycles. The number of ether oxygens (including phenoxy) is 2. The maximum absolute atomic E-state index is 12.6. The molecule has 0 bridgehead atoms. The summed E-state index contributed by atoms with van der Waals surface area (Å²) >= 11 is 0. The number of benzene rings is 1. The number of amides is 1. The van der Waals surface area contributed by atoms with E-state index in [9.17, 15) is 9.59 Å². The average Bonchev–Trinajstić information content (AvgIpc) is 2.61. The fourth-order valence-corrected chi connectivity index (χ4v) is 2.55. The van der Waals surface area contributed by atoms with Gasteiger partial charge < -0.3 is 14.4 Å². The molecule has 0 aromatic heterocycles. The van der Waals surface area contributed by atoms with E-state index < -0.39 is 0 Å². The van der Waals surface area contributed by atoms with Gasteiger partial charge in [0.15, 0.2) is 0 Å². The van der Waals surface area contributed by atoms with Gasteiger partial charge in [-0.15, -0.1) is 0 Å². The third-order valence-electron chi connectivity index (χ3n) is 3.94. The number of esters is 1. The van der Waals surface area contributed by atoms with Crippen molar-refractivity contribution >= 4 is 11.9 Å². The van der Waals surface area contributed by atoms with E-state index in [1.807, 2.05) is 44.2 Å². The highest BCUT2D eigenvalue weighted by atomic mass is 16.5. The molecule has 5 nitrogen and oxygen atoms in total. The zero-order chi connectivity index (χ0) is 18.7. The molecule has 1 atom stereocenters. The molecule has 0 aliphatic heterocycles. The van der Waals surface area contributed by atoms with Gasteiger partial charge in [-0.1, -0.05) is 37.3 Å². The molecule has 0 fully saturated rings. The first kappa shape index (κ1) is 21.2. The fourth-order valence-electron chi connectivity index (χ4n) is 2.55. The number of hydrogen-bond acceptors (Lipinski definition) is 4. The number of methoxy groups -OCH3 is 1. The molecule has 140 valence electrons. The molecule has 1 aromatic rings. The summed E-state index contributed by atoms with van der Waals surface area (Å²) in [6.07, 6.45) is 2.06. The lowest BCUT2D eigenvalue weighted by Gasteiger charge is -2.25. The van der Waals surface area contributed by atoms with Gasteiger partial charge in [0, 0.05) is 26.1 Å². The molecule has 1 amide bonds. The van der Waals surface area contributed by atoms with Crippen LogP contribution in [-0.2, 0) is 25.5 Å². The second kappa shape index (κ2) is 11.6. The molecule has 0 radical (unpaired) electrons. The molecule has 0 aliphatic carbocycles. The van der Waals surface area contributed by atoms with E-state index in [1.165, 1.54) is 7.11 Å². The van der Waals surface area contributed by atoms with Gasteiger partial charge in [-0.25, -0.2) is 0 Å². The fraction of sp³-hybridized carbons (Fsp3) is 0.600. The van der Waals surface area contributed by atoms with Crippen LogP contribution in [0.4, 0.5) is 0 Å². The highest BCUT2D eigenvalue weighted by Crippen LogP contribution is 2.09. The van der Waals surface area contributed by atoms with Crippen molar-refractivity contribution in [2.75, 3.05) is 26.8 Å². The van der Waals surface area contributed by atoms with Gasteiger partial charge in [0.1, 0.15) is 0 Å². The van der Waals surface area contributed by atoms with E-state index >= 15 is 0 Å². The maximum Gasteiger partial charge on any atom is 0.310 e. The largest absolute Gasteiger partial charge is 0.469 e. The van der Waals surface area contributed by atoms with Crippen LogP contribution in [0, 0.1) is 5.92 Å². The quantitative estimate of drug-likeness (QED) is 0.455. The number of nitrogens with zero attached hydrogens (tertiary/aromatic N) is 1. The summed E-state index contributed by atoms with van der Waals surface area (Å²) in [5.74, 6) is -0.569. The Kier molecular flexibility index (Phi) is 9.85. The van der Waals surface area contributed by atoms with Crippen LogP contribution in [0.2, 0.25) is 0 Å². The monoisotopic (exact) mass is 349 g/mol. The van der Waals surface area contributed by atoms with Crippen LogP contribution in [0.1, 0.15) is 39.2 Å². The first-order chi connectivity index (χ1) is 11.9. The predicted octanol–water partition coefficient (Wildman–Crippen LogP) is 3.07. The Morgan fingerprint density at radius 3 is 2.40 bits per heavy atom. The molecule has 1 rings (SSSR count). The van der Waals surface area contributed by atoms with Crippen LogP contribution in [0.3, 0.4) is 0 Å². The zero-order valence-corrected chi connectivity index (χ0v) is 15.9. The summed E-state index contributed by atoms with van der Waals surface area (Å²) in [7, 11) is 1.37.